The second-order valence-electron chi connectivity index (χ2n) is 5.21. The SMILES string of the molecule is CCCCCCn1cnc(C=Cc2ccccc2)c1[N+](=O)[O-]. The van der Waals surface area contributed by atoms with Gasteiger partial charge in [0.15, 0.2) is 12.0 Å². The van der Waals surface area contributed by atoms with Crippen molar-refractivity contribution in [2.75, 3.05) is 0 Å². The average molecular weight is 299 g/mol. The third-order valence-electron chi connectivity index (χ3n) is 3.50. The Labute approximate surface area is 130 Å². The van der Waals surface area contributed by atoms with Crippen LogP contribution in [0.2, 0.25) is 0 Å². The van der Waals surface area contributed by atoms with Crippen molar-refractivity contribution in [2.24, 2.45) is 0 Å². The lowest BCUT2D eigenvalue weighted by Gasteiger charge is -2.01. The third kappa shape index (κ3) is 4.28. The number of imidazole rings is 1. The largest absolute Gasteiger partial charge is 0.358 e. The van der Waals surface area contributed by atoms with Gasteiger partial charge in [0.2, 0.25) is 0 Å². The number of aryl methyl sites for hydroxylation is 1. The summed E-state index contributed by atoms with van der Waals surface area (Å²) in [5.41, 5.74) is 1.40. The molecule has 0 amide bonds. The normalized spacial score (nSPS) is 11.1. The van der Waals surface area contributed by atoms with Crippen LogP contribution in [0.15, 0.2) is 36.7 Å². The van der Waals surface area contributed by atoms with Gasteiger partial charge in [0, 0.05) is 0 Å². The molecule has 0 atom stereocenters. The Balaban J connectivity index is 2.13. The first-order valence-electron chi connectivity index (χ1n) is 7.65. The highest BCUT2D eigenvalue weighted by molar-refractivity contribution is 5.71. The van der Waals surface area contributed by atoms with Crippen molar-refractivity contribution in [1.29, 1.82) is 0 Å². The van der Waals surface area contributed by atoms with E-state index in [1.54, 1.807) is 17.0 Å². The summed E-state index contributed by atoms with van der Waals surface area (Å²) >= 11 is 0. The van der Waals surface area contributed by atoms with Crippen molar-refractivity contribution >= 4 is 18.0 Å². The molecule has 2 aromatic rings. The second-order valence-corrected chi connectivity index (χ2v) is 5.21. The first-order valence-corrected chi connectivity index (χ1v) is 7.65. The summed E-state index contributed by atoms with van der Waals surface area (Å²) < 4.78 is 1.64. The van der Waals surface area contributed by atoms with Crippen LogP contribution in [0.3, 0.4) is 0 Å². The minimum absolute atomic E-state index is 0.0729. The summed E-state index contributed by atoms with van der Waals surface area (Å²) in [6, 6.07) is 9.69. The fraction of sp³-hybridized carbons (Fsp3) is 0.353. The van der Waals surface area contributed by atoms with E-state index in [2.05, 4.69) is 11.9 Å². The molecule has 116 valence electrons. The summed E-state index contributed by atoms with van der Waals surface area (Å²) in [5.74, 6) is 0.0729. The fourth-order valence-electron chi connectivity index (χ4n) is 2.32. The lowest BCUT2D eigenvalue weighted by molar-refractivity contribution is -0.392. The van der Waals surface area contributed by atoms with Gasteiger partial charge in [-0.3, -0.25) is 0 Å². The van der Waals surface area contributed by atoms with E-state index in [4.69, 9.17) is 0 Å². The molecule has 0 saturated heterocycles. The van der Waals surface area contributed by atoms with E-state index in [1.165, 1.54) is 0 Å². The van der Waals surface area contributed by atoms with Gasteiger partial charge in [-0.25, -0.2) is 9.55 Å². The number of aromatic nitrogens is 2. The van der Waals surface area contributed by atoms with Gasteiger partial charge in [0.25, 0.3) is 0 Å². The lowest BCUT2D eigenvalue weighted by atomic mass is 10.2. The van der Waals surface area contributed by atoms with E-state index >= 15 is 0 Å². The summed E-state index contributed by atoms with van der Waals surface area (Å²) in [5, 5.41) is 11.3. The molecule has 0 bridgehead atoms. The number of hydrogen-bond acceptors (Lipinski definition) is 3. The number of benzene rings is 1. The van der Waals surface area contributed by atoms with Crippen LogP contribution in [0.25, 0.3) is 12.2 Å². The summed E-state index contributed by atoms with van der Waals surface area (Å²) in [6.45, 7) is 2.79. The molecule has 0 aliphatic rings. The van der Waals surface area contributed by atoms with Crippen molar-refractivity contribution in [3.05, 3.63) is 58.0 Å². The highest BCUT2D eigenvalue weighted by Gasteiger charge is 2.19. The maximum absolute atomic E-state index is 11.3. The molecule has 0 saturated carbocycles. The minimum Gasteiger partial charge on any atom is -0.358 e. The number of unbranched alkanes of at least 4 members (excludes halogenated alkanes) is 3. The van der Waals surface area contributed by atoms with E-state index in [9.17, 15) is 10.1 Å². The van der Waals surface area contributed by atoms with Crippen LogP contribution in [0.4, 0.5) is 5.82 Å². The third-order valence-corrected chi connectivity index (χ3v) is 3.50. The molecule has 0 fully saturated rings. The van der Waals surface area contributed by atoms with Crippen molar-refractivity contribution in [3.8, 4) is 0 Å². The summed E-state index contributed by atoms with van der Waals surface area (Å²) in [4.78, 5) is 15.2. The molecule has 1 aromatic carbocycles. The smallest absolute Gasteiger partial charge is 0.350 e. The zero-order valence-corrected chi connectivity index (χ0v) is 12.8. The second kappa shape index (κ2) is 8.12. The van der Waals surface area contributed by atoms with Crippen LogP contribution in [0.1, 0.15) is 43.9 Å². The van der Waals surface area contributed by atoms with Crippen LogP contribution >= 0.6 is 0 Å². The highest BCUT2D eigenvalue weighted by Crippen LogP contribution is 2.21. The van der Waals surface area contributed by atoms with Gasteiger partial charge in [0.1, 0.15) is 0 Å². The van der Waals surface area contributed by atoms with Gasteiger partial charge in [-0.05, 0) is 29.4 Å². The maximum Gasteiger partial charge on any atom is 0.350 e. The molecule has 0 N–H and O–H groups in total. The Morgan fingerprint density at radius 3 is 2.64 bits per heavy atom. The predicted octanol–water partition coefficient (Wildman–Crippen LogP) is 4.54. The number of nitrogens with zero attached hydrogens (tertiary/aromatic N) is 3. The van der Waals surface area contributed by atoms with E-state index in [-0.39, 0.29) is 10.7 Å². The van der Waals surface area contributed by atoms with Gasteiger partial charge >= 0.3 is 5.82 Å². The van der Waals surface area contributed by atoms with Crippen LogP contribution in [-0.2, 0) is 6.54 Å². The Hall–Kier alpha value is -2.43. The monoisotopic (exact) mass is 299 g/mol. The minimum atomic E-state index is -0.350. The first kappa shape index (κ1) is 15.9. The van der Waals surface area contributed by atoms with Crippen molar-refractivity contribution in [2.45, 2.75) is 39.2 Å². The van der Waals surface area contributed by atoms with E-state index in [0.717, 1.165) is 31.2 Å². The van der Waals surface area contributed by atoms with Crippen molar-refractivity contribution < 1.29 is 4.92 Å². The maximum atomic E-state index is 11.3. The molecule has 0 radical (unpaired) electrons. The lowest BCUT2D eigenvalue weighted by Crippen LogP contribution is -2.03. The van der Waals surface area contributed by atoms with E-state index in [0.29, 0.717) is 12.2 Å². The Morgan fingerprint density at radius 2 is 1.95 bits per heavy atom. The van der Waals surface area contributed by atoms with Crippen LogP contribution in [0.5, 0.6) is 0 Å². The number of rotatable bonds is 8. The Bertz CT molecular complexity index is 633. The quantitative estimate of drug-likeness (QED) is 0.408. The molecule has 5 heteroatoms. The molecule has 0 unspecified atom stereocenters. The Kier molecular flexibility index (Phi) is 5.89. The molecule has 1 aromatic heterocycles. The van der Waals surface area contributed by atoms with Gasteiger partial charge < -0.3 is 10.1 Å². The molecule has 0 spiro atoms. The molecule has 22 heavy (non-hydrogen) atoms. The molecular weight excluding hydrogens is 278 g/mol. The Morgan fingerprint density at radius 1 is 1.18 bits per heavy atom. The van der Waals surface area contributed by atoms with Crippen molar-refractivity contribution in [1.82, 2.24) is 9.55 Å². The van der Waals surface area contributed by atoms with E-state index in [1.807, 2.05) is 36.4 Å². The fourth-order valence-corrected chi connectivity index (χ4v) is 2.32. The zero-order chi connectivity index (χ0) is 15.8. The van der Waals surface area contributed by atoms with Crippen LogP contribution < -0.4 is 0 Å². The first-order chi connectivity index (χ1) is 10.7. The predicted molar refractivity (Wildman–Crippen MR) is 88.4 cm³/mol. The molecule has 1 heterocycles. The molecular formula is C17H21N3O2. The topological polar surface area (TPSA) is 61.0 Å². The zero-order valence-electron chi connectivity index (χ0n) is 12.8. The molecule has 0 aliphatic heterocycles. The summed E-state index contributed by atoms with van der Waals surface area (Å²) in [7, 11) is 0. The van der Waals surface area contributed by atoms with E-state index < -0.39 is 0 Å². The van der Waals surface area contributed by atoms with Gasteiger partial charge in [-0.15, -0.1) is 0 Å². The van der Waals surface area contributed by atoms with Gasteiger partial charge in [0.05, 0.1) is 6.54 Å². The number of hydrogen-bond donors (Lipinski definition) is 0. The van der Waals surface area contributed by atoms with Crippen LogP contribution in [0, 0.1) is 10.1 Å². The van der Waals surface area contributed by atoms with Crippen LogP contribution in [-0.4, -0.2) is 14.5 Å². The molecule has 0 aliphatic carbocycles. The number of nitro groups is 1. The van der Waals surface area contributed by atoms with Gasteiger partial charge in [-0.1, -0.05) is 56.2 Å². The highest BCUT2D eigenvalue weighted by atomic mass is 16.6. The molecule has 2 rings (SSSR count). The average Bonchev–Trinajstić information content (AvgIpc) is 2.94. The molecule has 5 nitrogen and oxygen atoms in total. The standard InChI is InChI=1S/C17H21N3O2/c1-2-3-4-8-13-19-14-18-16(17(19)20(21)22)12-11-15-9-6-5-7-10-15/h5-7,9-12,14H,2-4,8,13H2,1H3. The van der Waals surface area contributed by atoms with Gasteiger partial charge in [-0.2, -0.15) is 0 Å². The van der Waals surface area contributed by atoms with Crippen molar-refractivity contribution in [3.63, 3.8) is 0 Å². The summed E-state index contributed by atoms with van der Waals surface area (Å²) in [6.07, 6.45) is 9.44.